The molecule has 16 heavy (non-hydrogen) atoms. The predicted molar refractivity (Wildman–Crippen MR) is 65.8 cm³/mol. The van der Waals surface area contributed by atoms with Gasteiger partial charge in [0.05, 0.1) is 11.8 Å². The molecular weight excluding hydrogens is 270 g/mol. The molecule has 2 heterocycles. The molecule has 1 aliphatic heterocycles. The van der Waals surface area contributed by atoms with Gasteiger partial charge in [-0.15, -0.1) is 0 Å². The molecule has 0 radical (unpaired) electrons. The topological polar surface area (TPSA) is 38.1 Å². The Labute approximate surface area is 104 Å². The highest BCUT2D eigenvalue weighted by atomic mass is 79.9. The van der Waals surface area contributed by atoms with Gasteiger partial charge in [-0.1, -0.05) is 15.9 Å². The molecule has 1 aliphatic rings. The number of rotatable bonds is 2. The molecule has 1 aromatic heterocycles. The Morgan fingerprint density at radius 3 is 3.00 bits per heavy atom. The maximum absolute atomic E-state index is 12.3. The minimum absolute atomic E-state index is 0.118. The van der Waals surface area contributed by atoms with Crippen molar-refractivity contribution in [3.63, 3.8) is 0 Å². The van der Waals surface area contributed by atoms with Crippen LogP contribution in [0.3, 0.4) is 0 Å². The Morgan fingerprint density at radius 2 is 2.44 bits per heavy atom. The summed E-state index contributed by atoms with van der Waals surface area (Å²) in [5, 5.41) is 4.98. The van der Waals surface area contributed by atoms with Crippen molar-refractivity contribution in [2.75, 3.05) is 11.9 Å². The standard InChI is InChI=1S/C11H16BrN3O/c1-8-10(7-13-14(8)2)11(16)15-5-3-4-9(15)6-12/h7,9H,3-6H2,1-2H3. The molecule has 2 rings (SSSR count). The first-order valence-corrected chi connectivity index (χ1v) is 6.63. The van der Waals surface area contributed by atoms with Gasteiger partial charge < -0.3 is 4.90 Å². The lowest BCUT2D eigenvalue weighted by Crippen LogP contribution is -2.36. The normalized spacial score (nSPS) is 20.4. The summed E-state index contributed by atoms with van der Waals surface area (Å²) in [6.07, 6.45) is 3.86. The molecule has 0 bridgehead atoms. The van der Waals surface area contributed by atoms with E-state index in [-0.39, 0.29) is 5.91 Å². The minimum atomic E-state index is 0.118. The summed E-state index contributed by atoms with van der Waals surface area (Å²) in [6, 6.07) is 0.340. The molecule has 1 saturated heterocycles. The number of carbonyl (C=O) groups excluding carboxylic acids is 1. The third kappa shape index (κ3) is 1.88. The first-order valence-electron chi connectivity index (χ1n) is 5.50. The van der Waals surface area contributed by atoms with E-state index >= 15 is 0 Å². The summed E-state index contributed by atoms with van der Waals surface area (Å²) in [7, 11) is 1.86. The Bertz CT molecular complexity index is 402. The lowest BCUT2D eigenvalue weighted by Gasteiger charge is -2.22. The van der Waals surface area contributed by atoms with Crippen LogP contribution in [0.1, 0.15) is 28.9 Å². The molecule has 1 unspecified atom stereocenters. The van der Waals surface area contributed by atoms with Crippen molar-refractivity contribution in [1.82, 2.24) is 14.7 Å². The van der Waals surface area contributed by atoms with Crippen LogP contribution in [0.4, 0.5) is 0 Å². The smallest absolute Gasteiger partial charge is 0.257 e. The summed E-state index contributed by atoms with van der Waals surface area (Å²) in [5.74, 6) is 0.118. The fourth-order valence-electron chi connectivity index (χ4n) is 2.13. The van der Waals surface area contributed by atoms with Crippen molar-refractivity contribution in [1.29, 1.82) is 0 Å². The molecule has 0 aromatic carbocycles. The van der Waals surface area contributed by atoms with Crippen LogP contribution in [-0.2, 0) is 7.05 Å². The average molecular weight is 286 g/mol. The van der Waals surface area contributed by atoms with Crippen LogP contribution in [0.5, 0.6) is 0 Å². The van der Waals surface area contributed by atoms with E-state index in [9.17, 15) is 4.79 Å². The van der Waals surface area contributed by atoms with Crippen LogP contribution in [0.15, 0.2) is 6.20 Å². The molecule has 0 aliphatic carbocycles. The Kier molecular flexibility index (Phi) is 3.33. The van der Waals surface area contributed by atoms with Crippen LogP contribution < -0.4 is 0 Å². The predicted octanol–water partition coefficient (Wildman–Crippen LogP) is 1.73. The van der Waals surface area contributed by atoms with Crippen molar-refractivity contribution in [2.45, 2.75) is 25.8 Å². The van der Waals surface area contributed by atoms with Gasteiger partial charge in [-0.05, 0) is 19.8 Å². The number of aromatic nitrogens is 2. The van der Waals surface area contributed by atoms with Crippen LogP contribution in [0.25, 0.3) is 0 Å². The zero-order chi connectivity index (χ0) is 11.7. The number of carbonyl (C=O) groups is 1. The van der Waals surface area contributed by atoms with Gasteiger partial charge in [-0.25, -0.2) is 0 Å². The molecule has 1 amide bonds. The van der Waals surface area contributed by atoms with E-state index in [0.717, 1.165) is 36.0 Å². The fourth-order valence-corrected chi connectivity index (χ4v) is 2.80. The average Bonchev–Trinajstić information content (AvgIpc) is 2.86. The number of likely N-dealkylation sites (tertiary alicyclic amines) is 1. The van der Waals surface area contributed by atoms with E-state index in [2.05, 4.69) is 21.0 Å². The summed E-state index contributed by atoms with van der Waals surface area (Å²) in [5.41, 5.74) is 1.67. The number of amides is 1. The Hall–Kier alpha value is -0.840. The van der Waals surface area contributed by atoms with Crippen LogP contribution in [-0.4, -0.2) is 38.5 Å². The molecule has 0 spiro atoms. The monoisotopic (exact) mass is 285 g/mol. The first kappa shape index (κ1) is 11.6. The fraction of sp³-hybridized carbons (Fsp3) is 0.636. The lowest BCUT2D eigenvalue weighted by atomic mass is 10.2. The van der Waals surface area contributed by atoms with Gasteiger partial charge in [-0.3, -0.25) is 9.48 Å². The summed E-state index contributed by atoms with van der Waals surface area (Å²) < 4.78 is 1.74. The third-order valence-electron chi connectivity index (χ3n) is 3.28. The zero-order valence-electron chi connectivity index (χ0n) is 9.61. The van der Waals surface area contributed by atoms with Gasteiger partial charge in [0.2, 0.25) is 0 Å². The SMILES string of the molecule is Cc1c(C(=O)N2CCCC2CBr)cnn1C. The Balaban J connectivity index is 2.22. The highest BCUT2D eigenvalue weighted by Crippen LogP contribution is 2.22. The van der Waals surface area contributed by atoms with Gasteiger partial charge in [0.1, 0.15) is 0 Å². The number of alkyl halides is 1. The third-order valence-corrected chi connectivity index (χ3v) is 4.03. The number of halogens is 1. The molecule has 1 aromatic rings. The molecule has 0 saturated carbocycles. The van der Waals surface area contributed by atoms with Crippen molar-refractivity contribution < 1.29 is 4.79 Å². The van der Waals surface area contributed by atoms with E-state index in [0.29, 0.717) is 6.04 Å². The molecule has 5 heteroatoms. The van der Waals surface area contributed by atoms with Gasteiger partial charge >= 0.3 is 0 Å². The van der Waals surface area contributed by atoms with Crippen LogP contribution in [0.2, 0.25) is 0 Å². The first-order chi connectivity index (χ1) is 7.65. The second kappa shape index (κ2) is 4.57. The molecule has 0 N–H and O–H groups in total. The van der Waals surface area contributed by atoms with E-state index in [4.69, 9.17) is 0 Å². The van der Waals surface area contributed by atoms with Crippen molar-refractivity contribution in [3.05, 3.63) is 17.5 Å². The summed E-state index contributed by atoms with van der Waals surface area (Å²) in [4.78, 5) is 14.3. The van der Waals surface area contributed by atoms with E-state index in [1.54, 1.807) is 10.9 Å². The summed E-state index contributed by atoms with van der Waals surface area (Å²) >= 11 is 3.47. The maximum atomic E-state index is 12.3. The second-order valence-electron chi connectivity index (χ2n) is 4.22. The molecule has 1 fully saturated rings. The highest BCUT2D eigenvalue weighted by Gasteiger charge is 2.29. The van der Waals surface area contributed by atoms with Crippen molar-refractivity contribution in [3.8, 4) is 0 Å². The van der Waals surface area contributed by atoms with E-state index in [1.807, 2.05) is 18.9 Å². The van der Waals surface area contributed by atoms with Gasteiger partial charge in [0.25, 0.3) is 5.91 Å². The number of hydrogen-bond donors (Lipinski definition) is 0. The number of hydrogen-bond acceptors (Lipinski definition) is 2. The minimum Gasteiger partial charge on any atom is -0.335 e. The second-order valence-corrected chi connectivity index (χ2v) is 4.86. The number of aryl methyl sites for hydroxylation is 1. The maximum Gasteiger partial charge on any atom is 0.257 e. The lowest BCUT2D eigenvalue weighted by molar-refractivity contribution is 0.0749. The highest BCUT2D eigenvalue weighted by molar-refractivity contribution is 9.09. The van der Waals surface area contributed by atoms with Gasteiger partial charge in [-0.2, -0.15) is 5.10 Å². The van der Waals surface area contributed by atoms with Crippen molar-refractivity contribution >= 4 is 21.8 Å². The molecular formula is C11H16BrN3O. The van der Waals surface area contributed by atoms with Crippen molar-refractivity contribution in [2.24, 2.45) is 7.05 Å². The van der Waals surface area contributed by atoms with E-state index < -0.39 is 0 Å². The van der Waals surface area contributed by atoms with Gasteiger partial charge in [0.15, 0.2) is 0 Å². The quantitative estimate of drug-likeness (QED) is 0.777. The van der Waals surface area contributed by atoms with E-state index in [1.165, 1.54) is 0 Å². The van der Waals surface area contributed by atoms with Crippen LogP contribution >= 0.6 is 15.9 Å². The number of nitrogens with zero attached hydrogens (tertiary/aromatic N) is 3. The van der Waals surface area contributed by atoms with Crippen LogP contribution in [0, 0.1) is 6.92 Å². The molecule has 88 valence electrons. The molecule has 4 nitrogen and oxygen atoms in total. The van der Waals surface area contributed by atoms with Gasteiger partial charge in [0, 0.05) is 30.7 Å². The largest absolute Gasteiger partial charge is 0.335 e. The Morgan fingerprint density at radius 1 is 1.69 bits per heavy atom. The molecule has 1 atom stereocenters. The summed E-state index contributed by atoms with van der Waals surface area (Å²) in [6.45, 7) is 2.79. The zero-order valence-corrected chi connectivity index (χ0v) is 11.2.